The van der Waals surface area contributed by atoms with Crippen molar-refractivity contribution in [1.82, 2.24) is 0 Å². The van der Waals surface area contributed by atoms with Crippen molar-refractivity contribution in [1.29, 1.82) is 0 Å². The minimum atomic E-state index is -4.27. The van der Waals surface area contributed by atoms with Crippen LogP contribution in [0, 0.1) is 19.3 Å². The van der Waals surface area contributed by atoms with Crippen LogP contribution in [-0.4, -0.2) is 109 Å². The molecule has 3 aromatic rings. The van der Waals surface area contributed by atoms with Gasteiger partial charge in [-0.25, -0.2) is 0 Å². The number of unbranched alkanes of at least 4 members (excludes halogenated alkanes) is 5. The zero-order valence-electron chi connectivity index (χ0n) is 53.3. The molecular weight excluding hydrogens is 1090 g/mol. The van der Waals surface area contributed by atoms with Crippen LogP contribution >= 0.6 is 0 Å². The van der Waals surface area contributed by atoms with E-state index in [0.29, 0.717) is 32.1 Å². The molecule has 0 spiro atoms. The maximum atomic E-state index is 14.5. The summed E-state index contributed by atoms with van der Waals surface area (Å²) in [6.07, 6.45) is 16.4. The molecule has 0 aliphatic rings. The minimum absolute atomic E-state index is 0.0213. The molecule has 0 heterocycles. The number of terminal acetylenes is 1. The lowest BCUT2D eigenvalue weighted by atomic mass is 9.96. The van der Waals surface area contributed by atoms with Gasteiger partial charge in [-0.2, -0.15) is 8.42 Å². The number of allylic oxidation sites excluding steroid dienone is 1. The Morgan fingerprint density at radius 2 is 1.09 bits per heavy atom. The second-order valence-corrected chi connectivity index (χ2v) is 41.7. The van der Waals surface area contributed by atoms with Gasteiger partial charge in [0.15, 0.2) is 16.6 Å². The fraction of sp³-hybridized carbons (Fsp3) is 0.667. The Morgan fingerprint density at radius 1 is 0.593 bits per heavy atom. The van der Waals surface area contributed by atoms with E-state index in [0.717, 1.165) is 63.4 Å². The zero-order valence-corrected chi connectivity index (χ0v) is 57.1. The van der Waals surface area contributed by atoms with Gasteiger partial charge in [-0.05, 0) is 129 Å². The minimum Gasteiger partial charge on any atom is -0.411 e. The van der Waals surface area contributed by atoms with Crippen molar-refractivity contribution in [2.75, 3.05) is 27.8 Å². The second-order valence-electron chi connectivity index (χ2n) is 26.3. The SMILES string of the molecule is C#CCCC/C=C/[C@@H](OCOC)[C@@H](O)CC[C@@H](O[Si](C)(C)C(C)(C)C)[C@@H](CC[C@H](OS(=O)(=O)c1ccc(C)cc1)[C@@H](CCCCC[C@H](CCCC)O[Si](c1ccccc1)(c1ccccc1)C(C)(C)C)OCOC)O[Si](C)(C)C(C)(C)C. The van der Waals surface area contributed by atoms with Gasteiger partial charge in [-0.3, -0.25) is 4.18 Å². The van der Waals surface area contributed by atoms with E-state index in [2.05, 4.69) is 162 Å². The molecule has 0 saturated heterocycles. The molecule has 1 N–H and O–H groups in total. The van der Waals surface area contributed by atoms with E-state index in [4.69, 9.17) is 42.8 Å². The van der Waals surface area contributed by atoms with Crippen LogP contribution < -0.4 is 10.4 Å². The highest BCUT2D eigenvalue weighted by Gasteiger charge is 2.51. The number of hydrogen-bond donors (Lipinski definition) is 1. The molecule has 0 amide bonds. The fourth-order valence-corrected chi connectivity index (χ4v) is 18.5. The molecule has 0 aliphatic carbocycles. The Morgan fingerprint density at radius 3 is 1.58 bits per heavy atom. The second kappa shape index (κ2) is 34.4. The molecule has 458 valence electrons. The first-order valence-corrected chi connectivity index (χ1v) is 39.3. The van der Waals surface area contributed by atoms with Crippen LogP contribution in [0.1, 0.15) is 171 Å². The Hall–Kier alpha value is -2.80. The Kier molecular flexibility index (Phi) is 30.7. The first kappa shape index (κ1) is 72.5. The Balaban J connectivity index is 2.09. The summed E-state index contributed by atoms with van der Waals surface area (Å²) in [7, 11) is -8.93. The fourth-order valence-electron chi connectivity index (χ4n) is 9.85. The zero-order chi connectivity index (χ0) is 60.5. The summed E-state index contributed by atoms with van der Waals surface area (Å²) in [6.45, 7) is 33.5. The van der Waals surface area contributed by atoms with Gasteiger partial charge in [0.05, 0.1) is 29.3 Å². The number of aliphatic hydroxyl groups excluding tert-OH is 1. The van der Waals surface area contributed by atoms with E-state index in [-0.39, 0.29) is 46.1 Å². The van der Waals surface area contributed by atoms with Crippen molar-refractivity contribution < 1.29 is 49.9 Å². The predicted octanol–water partition coefficient (Wildman–Crippen LogP) is 15.2. The standard InChI is InChI=1S/C66H110O11SSi3/c1-19-21-23-24-33-41-59(72-51-70-13)58(67)47-48-62(76-79(15,16)64(4,5)6)63(77-80(17,18)65(7,8)9)50-49-61(74-78(68,69)55-45-43-53(3)44-46-55)60(73-52-71-14)42-34-25-28-36-54(35-22-20-2)75-81(66(10,11)12,56-37-29-26-30-38-56)57-39-31-27-32-40-57/h1,26-27,29-33,37-41,43-46,54,58-63,67H,20-25,28,34-36,42,47-52H2,2-18H3/b41-33+/t54-,58-,59+,60+,61-,62+,63+/m0/s1. The lowest BCUT2D eigenvalue weighted by molar-refractivity contribution is -0.112. The summed E-state index contributed by atoms with van der Waals surface area (Å²) in [4.78, 5) is 0.0835. The normalized spacial score (nSPS) is 16.0. The van der Waals surface area contributed by atoms with Gasteiger partial charge >= 0.3 is 0 Å². The average Bonchev–Trinajstić information content (AvgIpc) is 3.61. The van der Waals surface area contributed by atoms with Crippen LogP contribution in [0.25, 0.3) is 0 Å². The quantitative estimate of drug-likeness (QED) is 0.0146. The number of aryl methyl sites for hydroxylation is 1. The number of aliphatic hydroxyl groups is 1. The molecule has 0 radical (unpaired) electrons. The first-order valence-electron chi connectivity index (χ1n) is 30.1. The molecule has 81 heavy (non-hydrogen) atoms. The van der Waals surface area contributed by atoms with Crippen LogP contribution in [0.2, 0.25) is 41.3 Å². The largest absolute Gasteiger partial charge is 0.411 e. The molecule has 7 atom stereocenters. The van der Waals surface area contributed by atoms with Gasteiger partial charge in [0.2, 0.25) is 0 Å². The lowest BCUT2D eigenvalue weighted by Crippen LogP contribution is -2.67. The van der Waals surface area contributed by atoms with Crippen LogP contribution in [-0.2, 0) is 46.5 Å². The van der Waals surface area contributed by atoms with Crippen molar-refractivity contribution >= 4 is 45.4 Å². The number of methoxy groups -OCH3 is 2. The maximum absolute atomic E-state index is 14.5. The third-order valence-corrected chi connectivity index (χ3v) is 32.2. The van der Waals surface area contributed by atoms with Gasteiger partial charge in [-0.1, -0.05) is 192 Å². The first-order chi connectivity index (χ1) is 38.0. The van der Waals surface area contributed by atoms with Crippen LogP contribution in [0.15, 0.2) is 102 Å². The molecule has 0 unspecified atom stereocenters. The summed E-state index contributed by atoms with van der Waals surface area (Å²) in [5, 5.41) is 14.0. The predicted molar refractivity (Wildman–Crippen MR) is 342 cm³/mol. The highest BCUT2D eigenvalue weighted by molar-refractivity contribution is 7.86. The summed E-state index contributed by atoms with van der Waals surface area (Å²) in [5.41, 5.74) is 0.942. The number of hydrogen-bond acceptors (Lipinski definition) is 11. The molecule has 15 heteroatoms. The van der Waals surface area contributed by atoms with Crippen molar-refractivity contribution in [3.8, 4) is 12.3 Å². The summed E-state index contributed by atoms with van der Waals surface area (Å²) >= 11 is 0. The monoisotopic (exact) mass is 1190 g/mol. The average molecular weight is 1200 g/mol. The molecule has 0 fully saturated rings. The van der Waals surface area contributed by atoms with E-state index < -0.39 is 71.7 Å². The van der Waals surface area contributed by atoms with E-state index in [1.54, 1.807) is 38.5 Å². The Bertz CT molecular complexity index is 2330. The molecule has 0 aromatic heterocycles. The number of rotatable bonds is 39. The molecule has 0 aliphatic heterocycles. The molecular formula is C66H110O11SSi3. The topological polar surface area (TPSA) is 128 Å². The molecule has 3 aromatic carbocycles. The summed E-state index contributed by atoms with van der Waals surface area (Å²) in [6, 6.07) is 28.5. The van der Waals surface area contributed by atoms with Crippen molar-refractivity contribution in [2.24, 2.45) is 0 Å². The van der Waals surface area contributed by atoms with Crippen LogP contribution in [0.3, 0.4) is 0 Å². The van der Waals surface area contributed by atoms with Gasteiger partial charge in [0.25, 0.3) is 18.4 Å². The number of benzene rings is 3. The van der Waals surface area contributed by atoms with Gasteiger partial charge in [0, 0.05) is 26.7 Å². The van der Waals surface area contributed by atoms with Gasteiger partial charge < -0.3 is 37.3 Å². The third-order valence-electron chi connectivity index (χ3n) is 16.7. The molecule has 0 saturated carbocycles. The summed E-state index contributed by atoms with van der Waals surface area (Å²) < 4.78 is 81.6. The highest BCUT2D eigenvalue weighted by Crippen LogP contribution is 2.43. The van der Waals surface area contributed by atoms with E-state index in [1.165, 1.54) is 10.4 Å². The molecule has 3 rings (SSSR count). The van der Waals surface area contributed by atoms with Crippen LogP contribution in [0.5, 0.6) is 0 Å². The number of ether oxygens (including phenoxy) is 4. The maximum Gasteiger partial charge on any atom is 0.297 e. The highest BCUT2D eigenvalue weighted by atomic mass is 32.2. The van der Waals surface area contributed by atoms with Gasteiger partial charge in [-0.15, -0.1) is 12.3 Å². The van der Waals surface area contributed by atoms with Crippen molar-refractivity contribution in [2.45, 2.75) is 261 Å². The molecule has 11 nitrogen and oxygen atoms in total. The third kappa shape index (κ3) is 23.2. The van der Waals surface area contributed by atoms with Crippen LogP contribution in [0.4, 0.5) is 0 Å². The van der Waals surface area contributed by atoms with E-state index in [1.807, 2.05) is 19.1 Å². The summed E-state index contributed by atoms with van der Waals surface area (Å²) in [5.74, 6) is 2.69. The Labute approximate surface area is 496 Å². The van der Waals surface area contributed by atoms with Crippen molar-refractivity contribution in [3.63, 3.8) is 0 Å². The lowest BCUT2D eigenvalue weighted by Gasteiger charge is -2.46. The van der Waals surface area contributed by atoms with E-state index >= 15 is 0 Å². The smallest absolute Gasteiger partial charge is 0.297 e. The molecule has 0 bridgehead atoms. The van der Waals surface area contributed by atoms with Gasteiger partial charge in [0.1, 0.15) is 25.8 Å². The van der Waals surface area contributed by atoms with E-state index in [9.17, 15) is 13.5 Å². The van der Waals surface area contributed by atoms with Crippen molar-refractivity contribution in [3.05, 3.63) is 103 Å².